The van der Waals surface area contributed by atoms with Crippen molar-refractivity contribution in [2.75, 3.05) is 26.4 Å². The van der Waals surface area contributed by atoms with E-state index in [0.29, 0.717) is 51.4 Å². The second-order valence-electron chi connectivity index (χ2n) is 26.3. The van der Waals surface area contributed by atoms with E-state index in [9.17, 15) is 76.6 Å². The third kappa shape index (κ3) is 11.0. The zero-order valence-corrected chi connectivity index (χ0v) is 46.1. The minimum atomic E-state index is -1.84. The van der Waals surface area contributed by atoms with Crippen LogP contribution in [-0.2, 0) is 33.2 Å². The Kier molecular flexibility index (Phi) is 18.9. The van der Waals surface area contributed by atoms with Gasteiger partial charge < -0.3 is 110 Å². The van der Waals surface area contributed by atoms with E-state index in [-0.39, 0.29) is 43.8 Å². The molecule has 0 amide bonds. The molecule has 22 nitrogen and oxygen atoms in total. The average molecular weight is 1110 g/mol. The highest BCUT2D eigenvalue weighted by atomic mass is 16.8. The topological polar surface area (TPSA) is 368 Å². The monoisotopic (exact) mass is 1110 g/mol. The smallest absolute Gasteiger partial charge is 0.187 e. The molecule has 26 unspecified atom stereocenters. The summed E-state index contributed by atoms with van der Waals surface area (Å²) in [4.78, 5) is 0. The fourth-order valence-corrected chi connectivity index (χ4v) is 16.9. The van der Waals surface area contributed by atoms with Gasteiger partial charge in [0.2, 0.25) is 0 Å². The number of aliphatic hydroxyl groups excluding tert-OH is 15. The Morgan fingerprint density at radius 2 is 1.19 bits per heavy atom. The standard InChI is InChI=1S/C55H94O22/c1-24(2)10-9-13-55(8,77-49-45(70)42(67)40(65)33(74-49)23-71-26-16-25(20-56)37(62)29(60)17-26)27-11-15-53(6)36(27)28(59)18-34-52(5)14-12-35(51(3,4)47(52)30(61)19-54(34,53)7)75-50-46(43(68)39(64)32(22-58)73-50)76-48-44(69)41(66)38(63)31(21-57)72-48/h10,25-50,56-70H,9,11-23H2,1-8H3/t25?,26?,27?,28?,29?,30?,31?,32?,33?,34?,35?,36?,37?,38?,39?,40?,41?,42?,43?,44?,45?,46?,47?,48?,49?,50?,52-,53-,54-,55+/m1/s1. The summed E-state index contributed by atoms with van der Waals surface area (Å²) in [5.74, 6) is -1.80. The van der Waals surface area contributed by atoms with E-state index < -0.39 is 181 Å². The van der Waals surface area contributed by atoms with Gasteiger partial charge in [0.05, 0.1) is 62.0 Å². The van der Waals surface area contributed by atoms with Crippen molar-refractivity contribution in [2.24, 2.45) is 51.2 Å². The minimum absolute atomic E-state index is 0.0811. The van der Waals surface area contributed by atoms with Crippen molar-refractivity contribution in [1.29, 1.82) is 0 Å². The highest BCUT2D eigenvalue weighted by Crippen LogP contribution is 2.76. The number of hydrogen-bond donors (Lipinski definition) is 15. The van der Waals surface area contributed by atoms with E-state index in [0.717, 1.165) is 5.57 Å². The molecule has 8 fully saturated rings. The first-order valence-electron chi connectivity index (χ1n) is 28.2. The van der Waals surface area contributed by atoms with E-state index in [1.165, 1.54) is 0 Å². The molecule has 3 saturated heterocycles. The molecule has 446 valence electrons. The van der Waals surface area contributed by atoms with Gasteiger partial charge in [-0.3, -0.25) is 0 Å². The lowest BCUT2D eigenvalue weighted by molar-refractivity contribution is -0.380. The van der Waals surface area contributed by atoms with Crippen LogP contribution < -0.4 is 0 Å². The van der Waals surface area contributed by atoms with Gasteiger partial charge in [0.25, 0.3) is 0 Å². The summed E-state index contributed by atoms with van der Waals surface area (Å²) in [5, 5.41) is 164. The molecule has 30 atom stereocenters. The molecule has 77 heavy (non-hydrogen) atoms. The van der Waals surface area contributed by atoms with Crippen LogP contribution in [0, 0.1) is 51.2 Å². The zero-order chi connectivity index (χ0) is 56.6. The highest BCUT2D eigenvalue weighted by Gasteiger charge is 2.74. The van der Waals surface area contributed by atoms with Gasteiger partial charge in [0.15, 0.2) is 18.9 Å². The number of aliphatic hydroxyl groups is 15. The normalized spacial score (nSPS) is 52.7. The van der Waals surface area contributed by atoms with Crippen molar-refractivity contribution in [3.8, 4) is 0 Å². The molecule has 0 aromatic carbocycles. The van der Waals surface area contributed by atoms with Gasteiger partial charge in [0, 0.05) is 18.9 Å². The second-order valence-corrected chi connectivity index (χ2v) is 26.3. The number of ether oxygens (including phenoxy) is 7. The summed E-state index contributed by atoms with van der Waals surface area (Å²) in [6.07, 6.45) is -22.4. The van der Waals surface area contributed by atoms with Crippen molar-refractivity contribution in [2.45, 2.75) is 254 Å². The van der Waals surface area contributed by atoms with Crippen LogP contribution in [0.3, 0.4) is 0 Å². The lowest BCUT2D eigenvalue weighted by Crippen LogP contribution is -2.70. The van der Waals surface area contributed by atoms with Crippen molar-refractivity contribution < 1.29 is 110 Å². The Morgan fingerprint density at radius 1 is 0.597 bits per heavy atom. The molecular weight excluding hydrogens is 1010 g/mol. The molecule has 3 heterocycles. The maximum Gasteiger partial charge on any atom is 0.187 e. The third-order valence-corrected chi connectivity index (χ3v) is 21.2. The lowest BCUT2D eigenvalue weighted by Gasteiger charge is -2.71. The first-order chi connectivity index (χ1) is 36.0. The molecule has 3 aliphatic heterocycles. The largest absolute Gasteiger partial charge is 0.396 e. The predicted octanol–water partition coefficient (Wildman–Crippen LogP) is -1.54. The molecule has 0 radical (unpaired) electrons. The minimum Gasteiger partial charge on any atom is -0.396 e. The van der Waals surface area contributed by atoms with Gasteiger partial charge in [-0.2, -0.15) is 0 Å². The molecule has 0 spiro atoms. The Morgan fingerprint density at radius 3 is 1.82 bits per heavy atom. The summed E-state index contributed by atoms with van der Waals surface area (Å²) < 4.78 is 43.8. The van der Waals surface area contributed by atoms with Crippen LogP contribution in [0.2, 0.25) is 0 Å². The Bertz CT molecular complexity index is 2000. The number of hydrogen-bond acceptors (Lipinski definition) is 22. The van der Waals surface area contributed by atoms with Gasteiger partial charge in [-0.15, -0.1) is 0 Å². The first-order valence-corrected chi connectivity index (χ1v) is 28.2. The molecule has 22 heteroatoms. The maximum absolute atomic E-state index is 12.9. The Balaban J connectivity index is 1.02. The lowest BCUT2D eigenvalue weighted by atomic mass is 9.34. The maximum atomic E-state index is 12.9. The fraction of sp³-hybridized carbons (Fsp3) is 0.964. The molecule has 8 rings (SSSR count). The summed E-state index contributed by atoms with van der Waals surface area (Å²) in [6.45, 7) is 14.5. The van der Waals surface area contributed by atoms with Crippen molar-refractivity contribution in [3.05, 3.63) is 11.6 Å². The summed E-state index contributed by atoms with van der Waals surface area (Å²) in [6, 6.07) is 0. The average Bonchev–Trinajstić information content (AvgIpc) is 4.01. The zero-order valence-electron chi connectivity index (χ0n) is 46.1. The molecule has 0 bridgehead atoms. The van der Waals surface area contributed by atoms with Crippen molar-refractivity contribution >= 4 is 0 Å². The first kappa shape index (κ1) is 61.9. The molecular formula is C55H94O22. The van der Waals surface area contributed by atoms with Crippen molar-refractivity contribution in [1.82, 2.24) is 0 Å². The summed E-state index contributed by atoms with van der Waals surface area (Å²) in [7, 11) is 0. The van der Waals surface area contributed by atoms with E-state index in [2.05, 4.69) is 26.8 Å². The van der Waals surface area contributed by atoms with Crippen LogP contribution in [0.25, 0.3) is 0 Å². The molecule has 5 aliphatic carbocycles. The van der Waals surface area contributed by atoms with E-state index in [1.807, 2.05) is 34.6 Å². The van der Waals surface area contributed by atoms with Gasteiger partial charge in [-0.1, -0.05) is 46.3 Å². The van der Waals surface area contributed by atoms with Crippen LogP contribution in [0.15, 0.2) is 11.6 Å². The quantitative estimate of drug-likeness (QED) is 0.0615. The predicted molar refractivity (Wildman–Crippen MR) is 269 cm³/mol. The van der Waals surface area contributed by atoms with Gasteiger partial charge in [0.1, 0.15) is 73.2 Å². The number of allylic oxidation sites excluding steroid dienone is 2. The molecule has 0 aromatic rings. The van der Waals surface area contributed by atoms with Gasteiger partial charge in [-0.05, 0) is 124 Å². The number of rotatable bonds is 16. The van der Waals surface area contributed by atoms with E-state index >= 15 is 0 Å². The second kappa shape index (κ2) is 23.5. The summed E-state index contributed by atoms with van der Waals surface area (Å²) in [5.41, 5.74) is -2.48. The van der Waals surface area contributed by atoms with Crippen molar-refractivity contribution in [3.63, 3.8) is 0 Å². The van der Waals surface area contributed by atoms with Gasteiger partial charge in [-0.25, -0.2) is 0 Å². The molecule has 8 aliphatic rings. The Labute approximate surface area is 451 Å². The third-order valence-electron chi connectivity index (χ3n) is 21.2. The van der Waals surface area contributed by atoms with E-state index in [1.54, 1.807) is 0 Å². The van der Waals surface area contributed by atoms with Crippen LogP contribution in [-0.4, -0.2) is 237 Å². The van der Waals surface area contributed by atoms with Crippen LogP contribution in [0.1, 0.15) is 120 Å². The number of fused-ring (bicyclic) bond motifs is 5. The van der Waals surface area contributed by atoms with Crippen LogP contribution >= 0.6 is 0 Å². The van der Waals surface area contributed by atoms with E-state index in [4.69, 9.17) is 33.2 Å². The fourth-order valence-electron chi connectivity index (χ4n) is 16.9. The molecule has 5 saturated carbocycles. The Hall–Kier alpha value is -1.14. The van der Waals surface area contributed by atoms with Crippen LogP contribution in [0.4, 0.5) is 0 Å². The molecule has 15 N–H and O–H groups in total. The SMILES string of the molecule is CC(C)=CCC[C@](C)(OC1OC(COC2CC(O)C(O)C(CO)C2)C(O)C(O)C1O)C1CC[C@]2(C)C1C(O)CC1[C@@]3(C)CCC(OC4OC(CO)C(O)C(O)C4OC4OC(CO)C(O)C(O)C4O)C(C)(C)C3C(O)C[C@]12C. The molecule has 0 aromatic heterocycles. The van der Waals surface area contributed by atoms with Gasteiger partial charge >= 0.3 is 0 Å². The summed E-state index contributed by atoms with van der Waals surface area (Å²) >= 11 is 0. The van der Waals surface area contributed by atoms with Crippen LogP contribution in [0.5, 0.6) is 0 Å². The highest BCUT2D eigenvalue weighted by molar-refractivity contribution is 5.22.